The summed E-state index contributed by atoms with van der Waals surface area (Å²) in [6, 6.07) is 21.3. The van der Waals surface area contributed by atoms with Crippen LogP contribution >= 0.6 is 79.4 Å². The number of aryl methyl sites for hydroxylation is 2. The molecule has 0 aromatic carbocycles. The topological polar surface area (TPSA) is 66.9 Å². The molecule has 2 aliphatic heterocycles. The normalized spacial score (nSPS) is 14.0. The van der Waals surface area contributed by atoms with E-state index >= 15 is 18.4 Å². The van der Waals surface area contributed by atoms with Gasteiger partial charge in [0.05, 0.1) is 59.6 Å². The van der Waals surface area contributed by atoms with Crippen molar-refractivity contribution in [1.82, 2.24) is 9.80 Å². The highest BCUT2D eigenvalue weighted by atomic mass is 32.1. The Bertz CT molecular complexity index is 3710. The molecule has 7 aromatic heterocycles. The molecule has 2 atom stereocenters. The predicted octanol–water partition coefficient (Wildman–Crippen LogP) is 29.9. The smallest absolute Gasteiger partial charge is 0.339 e. The zero-order chi connectivity index (χ0) is 71.3. The van der Waals surface area contributed by atoms with Crippen LogP contribution in [0.5, 0.6) is 0 Å². The van der Waals surface area contributed by atoms with Gasteiger partial charge in [-0.1, -0.05) is 259 Å². The number of thiophene rings is 7. The molecule has 9 heterocycles. The quantitative estimate of drug-likeness (QED) is 0.0281. The van der Waals surface area contributed by atoms with E-state index in [-0.39, 0.29) is 29.4 Å². The summed E-state index contributed by atoms with van der Waals surface area (Å²) in [6.07, 6.45) is 50.1. The molecule has 2 amide bonds. The summed E-state index contributed by atoms with van der Waals surface area (Å²) in [5.74, 6) is -0.637. The SMILES string of the molecule is CCCCCCCCCCCCC(CCCCCCCCCC)CN1C(=O)C2=C(c3ccc(-c4cc(F)c(-c5ccc(-c6cc(C(=O)OC)c(-c7cc(F)c(-c8ccc(C)s8)s7)s6)s5)s4)s3)N(CC(CCCCCCCCCC)CCCCCCCCCCCC)C(=O)C2=C1c1ccc(C)s1. The van der Waals surface area contributed by atoms with Crippen LogP contribution in [0.2, 0.25) is 0 Å². The first-order valence-corrected chi connectivity index (χ1v) is 45.4. The van der Waals surface area contributed by atoms with Gasteiger partial charge in [0.1, 0.15) is 11.6 Å². The molecular formula is C86H118F2N2O4S7. The molecule has 101 heavy (non-hydrogen) atoms. The van der Waals surface area contributed by atoms with Crippen molar-refractivity contribution >= 4 is 109 Å². The highest BCUT2D eigenvalue weighted by Crippen LogP contribution is 2.53. The molecule has 0 radical (unpaired) electrons. The predicted molar refractivity (Wildman–Crippen MR) is 438 cm³/mol. The van der Waals surface area contributed by atoms with Crippen molar-refractivity contribution in [2.45, 2.75) is 298 Å². The first-order valence-electron chi connectivity index (χ1n) is 39.6. The van der Waals surface area contributed by atoms with Crippen LogP contribution in [0.15, 0.2) is 77.9 Å². The number of carbonyl (C=O) groups excluding carboxylic acids is 3. The van der Waals surface area contributed by atoms with E-state index in [0.717, 1.165) is 112 Å². The van der Waals surface area contributed by atoms with Crippen LogP contribution < -0.4 is 0 Å². The van der Waals surface area contributed by atoms with E-state index in [4.69, 9.17) is 4.74 Å². The van der Waals surface area contributed by atoms with Gasteiger partial charge in [0.25, 0.3) is 11.8 Å². The Hall–Kier alpha value is -4.35. The fraction of sp³-hybridized carbons (Fsp3) is 0.593. The number of hydrogen-bond donors (Lipinski definition) is 0. The number of hydrogen-bond acceptors (Lipinski definition) is 11. The zero-order valence-electron chi connectivity index (χ0n) is 62.3. The molecular weight excluding hydrogens is 1390 g/mol. The fourth-order valence-corrected chi connectivity index (χ4v) is 22.6. The van der Waals surface area contributed by atoms with Crippen LogP contribution in [0.3, 0.4) is 0 Å². The molecule has 0 saturated carbocycles. The number of amides is 2. The highest BCUT2D eigenvalue weighted by molar-refractivity contribution is 7.30. The number of rotatable bonds is 52. The van der Waals surface area contributed by atoms with Gasteiger partial charge in [-0.3, -0.25) is 9.59 Å². The molecule has 0 bridgehead atoms. The second kappa shape index (κ2) is 43.3. The maximum Gasteiger partial charge on any atom is 0.339 e. The Balaban J connectivity index is 1.03. The van der Waals surface area contributed by atoms with E-state index in [9.17, 15) is 4.79 Å². The average molecular weight is 1510 g/mol. The lowest BCUT2D eigenvalue weighted by atomic mass is 9.93. The van der Waals surface area contributed by atoms with Gasteiger partial charge in [-0.15, -0.1) is 79.4 Å². The Kier molecular flexibility index (Phi) is 34.6. The van der Waals surface area contributed by atoms with Crippen molar-refractivity contribution in [3.8, 4) is 48.8 Å². The van der Waals surface area contributed by atoms with Crippen molar-refractivity contribution in [3.05, 3.63) is 115 Å². The van der Waals surface area contributed by atoms with Crippen molar-refractivity contribution in [3.63, 3.8) is 0 Å². The lowest BCUT2D eigenvalue weighted by Crippen LogP contribution is -2.34. The van der Waals surface area contributed by atoms with Gasteiger partial charge < -0.3 is 14.5 Å². The summed E-state index contributed by atoms with van der Waals surface area (Å²) < 4.78 is 37.7. The molecule has 2 unspecified atom stereocenters. The number of halogens is 2. The highest BCUT2D eigenvalue weighted by Gasteiger charge is 2.50. The number of nitrogens with zero attached hydrogens (tertiary/aromatic N) is 2. The van der Waals surface area contributed by atoms with Crippen molar-refractivity contribution < 1.29 is 27.9 Å². The summed E-state index contributed by atoms with van der Waals surface area (Å²) in [4.78, 5) is 61.3. The number of esters is 1. The molecule has 6 nitrogen and oxygen atoms in total. The van der Waals surface area contributed by atoms with Gasteiger partial charge in [-0.25, -0.2) is 13.6 Å². The van der Waals surface area contributed by atoms with E-state index in [1.807, 2.05) is 37.3 Å². The first kappa shape index (κ1) is 80.7. The van der Waals surface area contributed by atoms with Crippen LogP contribution in [0.25, 0.3) is 60.2 Å². The van der Waals surface area contributed by atoms with E-state index < -0.39 is 5.97 Å². The lowest BCUT2D eigenvalue weighted by Gasteiger charge is -2.29. The number of ether oxygens (including phenoxy) is 1. The van der Waals surface area contributed by atoms with Gasteiger partial charge in [0.2, 0.25) is 0 Å². The van der Waals surface area contributed by atoms with E-state index in [0.29, 0.717) is 55.2 Å². The van der Waals surface area contributed by atoms with Crippen LogP contribution in [0.4, 0.5) is 8.78 Å². The van der Waals surface area contributed by atoms with Crippen molar-refractivity contribution in [2.24, 2.45) is 11.8 Å². The zero-order valence-corrected chi connectivity index (χ0v) is 68.1. The lowest BCUT2D eigenvalue weighted by molar-refractivity contribution is -0.124. The molecule has 0 fully saturated rings. The number of fused-ring (bicyclic) bond motifs is 1. The van der Waals surface area contributed by atoms with Gasteiger partial charge in [-0.2, -0.15) is 0 Å². The molecule has 2 aliphatic rings. The largest absolute Gasteiger partial charge is 0.465 e. The van der Waals surface area contributed by atoms with Crippen LogP contribution in [-0.4, -0.2) is 47.8 Å². The Labute approximate surface area is 634 Å². The molecule has 0 aliphatic carbocycles. The molecule has 9 rings (SSSR count). The van der Waals surface area contributed by atoms with Gasteiger partial charge in [-0.05, 0) is 118 Å². The average Bonchev–Trinajstić information content (AvgIpc) is 1.55. The third-order valence-electron chi connectivity index (χ3n) is 20.8. The van der Waals surface area contributed by atoms with E-state index in [2.05, 4.69) is 68.7 Å². The first-order chi connectivity index (χ1) is 49.3. The molecule has 0 N–H and O–H groups in total. The summed E-state index contributed by atoms with van der Waals surface area (Å²) in [6.45, 7) is 14.4. The van der Waals surface area contributed by atoms with Gasteiger partial charge in [0.15, 0.2) is 0 Å². The van der Waals surface area contributed by atoms with E-state index in [1.54, 1.807) is 28.7 Å². The van der Waals surface area contributed by atoms with E-state index in [1.165, 1.54) is 275 Å². The summed E-state index contributed by atoms with van der Waals surface area (Å²) in [7, 11) is 1.36. The van der Waals surface area contributed by atoms with Crippen molar-refractivity contribution in [1.29, 1.82) is 0 Å². The molecule has 15 heteroatoms. The van der Waals surface area contributed by atoms with Crippen LogP contribution in [-0.2, 0) is 14.3 Å². The Morgan fingerprint density at radius 3 is 1.04 bits per heavy atom. The summed E-state index contributed by atoms with van der Waals surface area (Å²) in [5, 5.41) is 0. The van der Waals surface area contributed by atoms with Crippen molar-refractivity contribution in [2.75, 3.05) is 20.2 Å². The third-order valence-corrected chi connectivity index (χ3v) is 29.2. The third kappa shape index (κ3) is 23.3. The van der Waals surface area contributed by atoms with Crippen LogP contribution in [0, 0.1) is 37.3 Å². The Morgan fingerprint density at radius 1 is 0.356 bits per heavy atom. The minimum absolute atomic E-state index is 0.0459. The summed E-state index contributed by atoms with van der Waals surface area (Å²) in [5.41, 5.74) is 3.04. The monoisotopic (exact) mass is 1500 g/mol. The molecule has 552 valence electrons. The maximum atomic E-state index is 16.8. The standard InChI is InChI=1S/C86H118F2N2O4S7/c1-8-12-16-20-24-28-30-34-38-42-45-63(44-40-36-32-26-22-18-14-10-3)59-89-79(70-50-48-61(5)95-70)77-78(85(89)92)80(90(84(77)91)60-64(46-41-37-33-27-23-19-15-11-4)47-43-39-35-31-29-25-21-17-13-9-2)71-54-52-69(97-71)75-57-66(87)83(100-75)73-55-53-68(98-73)74-56-65(86(93)94-7)81(99-74)76-58-67(88)82(101-76)72-51-49-62(6)96-72/h48-58,63-64H,8-47,59-60H2,1-7H3. The summed E-state index contributed by atoms with van der Waals surface area (Å²) >= 11 is 10.4. The fourth-order valence-electron chi connectivity index (χ4n) is 15.0. The number of unbranched alkanes of at least 4 members (excludes halogenated alkanes) is 32. The second-order valence-corrected chi connectivity index (χ2v) is 36.9. The van der Waals surface area contributed by atoms with Gasteiger partial charge >= 0.3 is 5.97 Å². The second-order valence-electron chi connectivity index (χ2n) is 29.0. The minimum Gasteiger partial charge on any atom is -0.465 e. The molecule has 0 spiro atoms. The van der Waals surface area contributed by atoms with Crippen LogP contribution in [0.1, 0.15) is 314 Å². The molecule has 7 aromatic rings. The Morgan fingerprint density at radius 2 is 0.653 bits per heavy atom. The number of methoxy groups -OCH3 is 1. The maximum absolute atomic E-state index is 16.8. The minimum atomic E-state index is -0.497. The number of carbonyl (C=O) groups is 3. The van der Waals surface area contributed by atoms with Gasteiger partial charge in [0, 0.05) is 57.0 Å². The molecule has 0 saturated heterocycles.